The fraction of sp³-hybridized carbons (Fsp3) is 0.222. The summed E-state index contributed by atoms with van der Waals surface area (Å²) in [6.07, 6.45) is 2.37. The van der Waals surface area contributed by atoms with Gasteiger partial charge in [0, 0.05) is 51.2 Å². The minimum atomic E-state index is -0.801. The van der Waals surface area contributed by atoms with Gasteiger partial charge in [-0.05, 0) is 6.29 Å². The Morgan fingerprint density at radius 2 is 2.40 bits per heavy atom. The second-order valence-electron chi connectivity index (χ2n) is 2.49. The Balaban J connectivity index is 0.00000196. The number of nitrogens with zero attached hydrogens (tertiary/aromatic N) is 1. The fourth-order valence-corrected chi connectivity index (χ4v) is 1.55. The second kappa shape index (κ2) is 6.98. The van der Waals surface area contributed by atoms with Crippen molar-refractivity contribution in [3.63, 3.8) is 0 Å². The van der Waals surface area contributed by atoms with Gasteiger partial charge in [-0.2, -0.15) is 0 Å². The molecular formula is C9H8NO3SY-. The summed E-state index contributed by atoms with van der Waals surface area (Å²) < 4.78 is 4.89. The second-order valence-corrected chi connectivity index (χ2v) is 3.41. The van der Waals surface area contributed by atoms with E-state index in [9.17, 15) is 9.59 Å². The minimum Gasteiger partial charge on any atom is -0.453 e. The third-order valence-electron chi connectivity index (χ3n) is 1.41. The van der Waals surface area contributed by atoms with E-state index in [0.29, 0.717) is 5.01 Å². The maximum atomic E-state index is 10.8. The summed E-state index contributed by atoms with van der Waals surface area (Å²) >= 11 is 1.29. The predicted octanol–water partition coefficient (Wildman–Crippen LogP) is 1.41. The van der Waals surface area contributed by atoms with E-state index in [1.165, 1.54) is 18.3 Å². The van der Waals surface area contributed by atoms with Gasteiger partial charge in [0.15, 0.2) is 0 Å². The van der Waals surface area contributed by atoms with E-state index in [1.807, 2.05) is 0 Å². The van der Waals surface area contributed by atoms with E-state index < -0.39 is 12.1 Å². The van der Waals surface area contributed by atoms with Gasteiger partial charge in [-0.25, -0.2) is 11.6 Å². The van der Waals surface area contributed by atoms with Crippen LogP contribution in [0.25, 0.3) is 0 Å². The molecule has 0 fully saturated rings. The topological polar surface area (TPSA) is 56.3 Å². The van der Waals surface area contributed by atoms with Gasteiger partial charge in [-0.1, -0.05) is 0 Å². The molecule has 0 aliphatic carbocycles. The molecule has 77 valence electrons. The number of hydrogen-bond donors (Lipinski definition) is 0. The first kappa shape index (κ1) is 14.6. The smallest absolute Gasteiger partial charge is 0.303 e. The molecule has 0 aromatic carbocycles. The van der Waals surface area contributed by atoms with Crippen molar-refractivity contribution in [1.29, 1.82) is 0 Å². The first-order valence-corrected chi connectivity index (χ1v) is 4.66. The van der Waals surface area contributed by atoms with Crippen molar-refractivity contribution < 1.29 is 47.0 Å². The van der Waals surface area contributed by atoms with Crippen LogP contribution in [0.1, 0.15) is 18.0 Å². The molecule has 1 aromatic heterocycles. The Kier molecular flexibility index (Phi) is 6.80. The molecule has 1 atom stereocenters. The number of hydrogen-bond acceptors (Lipinski definition) is 5. The summed E-state index contributed by atoms with van der Waals surface area (Å²) in [6.45, 7) is 4.71. The number of carbonyl (C=O) groups excluding carboxylic acids is 2. The largest absolute Gasteiger partial charge is 0.453 e. The van der Waals surface area contributed by atoms with Gasteiger partial charge >= 0.3 is 5.97 Å². The van der Waals surface area contributed by atoms with Crippen LogP contribution >= 0.6 is 11.3 Å². The summed E-state index contributed by atoms with van der Waals surface area (Å²) in [5.41, 5.74) is 0.0650. The van der Waals surface area contributed by atoms with Gasteiger partial charge in [0.25, 0.3) is 0 Å². The molecule has 0 aliphatic rings. The predicted molar refractivity (Wildman–Crippen MR) is 51.5 cm³/mol. The van der Waals surface area contributed by atoms with Crippen LogP contribution in [-0.4, -0.2) is 17.2 Å². The van der Waals surface area contributed by atoms with E-state index >= 15 is 0 Å². The van der Waals surface area contributed by atoms with E-state index in [0.717, 1.165) is 0 Å². The zero-order valence-corrected chi connectivity index (χ0v) is 11.8. The quantitative estimate of drug-likeness (QED) is 0.479. The fourth-order valence-electron chi connectivity index (χ4n) is 0.854. The maximum Gasteiger partial charge on any atom is 0.303 e. The number of aromatic nitrogens is 1. The molecule has 1 heterocycles. The summed E-state index contributed by atoms with van der Waals surface area (Å²) in [6, 6.07) is 0. The zero-order valence-electron chi connectivity index (χ0n) is 8.10. The molecule has 6 heteroatoms. The molecule has 0 spiro atoms. The molecule has 1 rings (SSSR count). The third kappa shape index (κ3) is 4.32. The normalized spacial score (nSPS) is 11.0. The van der Waals surface area contributed by atoms with Crippen molar-refractivity contribution in [3.05, 3.63) is 28.7 Å². The van der Waals surface area contributed by atoms with Crippen LogP contribution in [-0.2, 0) is 47.0 Å². The minimum absolute atomic E-state index is 0. The Hall–Kier alpha value is -0.386. The standard InChI is InChI=1S/C9H8NO3S.Y/c1-6(5-11)8(13-7(2)12)9-10-3-4-14-9;/h3-4,8H,1H2,2H3;/q-1;. The first-order valence-electron chi connectivity index (χ1n) is 3.78. The van der Waals surface area contributed by atoms with Crippen LogP contribution < -0.4 is 0 Å². The van der Waals surface area contributed by atoms with Crippen LogP contribution in [0.5, 0.6) is 0 Å². The van der Waals surface area contributed by atoms with Gasteiger partial charge in [0.1, 0.15) is 11.1 Å². The monoisotopic (exact) mass is 299 g/mol. The van der Waals surface area contributed by atoms with Gasteiger partial charge in [-0.3, -0.25) is 4.79 Å². The molecule has 0 aliphatic heterocycles. The summed E-state index contributed by atoms with van der Waals surface area (Å²) in [4.78, 5) is 25.1. The van der Waals surface area contributed by atoms with E-state index in [-0.39, 0.29) is 38.3 Å². The molecule has 1 radical (unpaired) electrons. The van der Waals surface area contributed by atoms with Crippen molar-refractivity contribution in [1.82, 2.24) is 4.98 Å². The van der Waals surface area contributed by atoms with Gasteiger partial charge in [-0.15, -0.1) is 16.9 Å². The average molecular weight is 299 g/mol. The van der Waals surface area contributed by atoms with Crippen molar-refractivity contribution in [2.24, 2.45) is 0 Å². The van der Waals surface area contributed by atoms with Crippen molar-refractivity contribution >= 4 is 23.6 Å². The molecule has 0 bridgehead atoms. The van der Waals surface area contributed by atoms with Gasteiger partial charge < -0.3 is 9.53 Å². The Morgan fingerprint density at radius 1 is 1.73 bits per heavy atom. The number of esters is 1. The zero-order chi connectivity index (χ0) is 10.6. The molecule has 4 nitrogen and oxygen atoms in total. The maximum absolute atomic E-state index is 10.8. The first-order chi connectivity index (χ1) is 6.65. The van der Waals surface area contributed by atoms with E-state index in [1.54, 1.807) is 17.9 Å². The molecule has 0 saturated heterocycles. The van der Waals surface area contributed by atoms with Gasteiger partial charge in [0.2, 0.25) is 0 Å². The van der Waals surface area contributed by atoms with E-state index in [4.69, 9.17) is 4.74 Å². The molecule has 0 N–H and O–H groups in total. The van der Waals surface area contributed by atoms with Gasteiger partial charge in [0.05, 0.1) is 0 Å². The number of ether oxygens (including phenoxy) is 1. The number of rotatable bonds is 4. The van der Waals surface area contributed by atoms with E-state index in [2.05, 4.69) is 11.6 Å². The summed E-state index contributed by atoms with van der Waals surface area (Å²) in [7, 11) is 0. The molecule has 1 unspecified atom stereocenters. The average Bonchev–Trinajstić information content (AvgIpc) is 2.65. The number of carbonyl (C=O) groups is 1. The van der Waals surface area contributed by atoms with Crippen molar-refractivity contribution in [2.75, 3.05) is 0 Å². The molecular weight excluding hydrogens is 291 g/mol. The number of thiazole rings is 1. The molecule has 0 saturated carbocycles. The molecule has 15 heavy (non-hydrogen) atoms. The van der Waals surface area contributed by atoms with Crippen molar-refractivity contribution in [2.45, 2.75) is 13.0 Å². The summed E-state index contributed by atoms with van der Waals surface area (Å²) in [5.74, 6) is -0.485. The molecule has 1 aromatic rings. The van der Waals surface area contributed by atoms with Crippen molar-refractivity contribution in [3.8, 4) is 0 Å². The van der Waals surface area contributed by atoms with Crippen LogP contribution in [0.15, 0.2) is 23.7 Å². The Morgan fingerprint density at radius 3 is 2.80 bits per heavy atom. The Bertz CT molecular complexity index is 350. The SMILES string of the molecule is C=C([C-]=O)C(OC(C)=O)c1nccs1.[Y]. The molecule has 0 amide bonds. The summed E-state index contributed by atoms with van der Waals surface area (Å²) in [5, 5.41) is 2.25. The van der Waals surface area contributed by atoms with Crippen LogP contribution in [0, 0.1) is 0 Å². The Labute approximate surface area is 117 Å². The third-order valence-corrected chi connectivity index (χ3v) is 2.23. The van der Waals surface area contributed by atoms with Crippen LogP contribution in [0.3, 0.4) is 0 Å². The van der Waals surface area contributed by atoms with Crippen LogP contribution in [0.2, 0.25) is 0 Å². The van der Waals surface area contributed by atoms with Crippen LogP contribution in [0.4, 0.5) is 0 Å².